The molecule has 0 saturated carbocycles. The molecule has 0 spiro atoms. The van der Waals surface area contributed by atoms with E-state index in [1.807, 2.05) is 43.3 Å². The third-order valence-corrected chi connectivity index (χ3v) is 4.04. The lowest BCUT2D eigenvalue weighted by Gasteiger charge is -2.27. The minimum Gasteiger partial charge on any atom is -0.474 e. The summed E-state index contributed by atoms with van der Waals surface area (Å²) in [6.45, 7) is 4.05. The molecule has 21 heavy (non-hydrogen) atoms. The average Bonchev–Trinajstić information content (AvgIpc) is 2.50. The van der Waals surface area contributed by atoms with Crippen LogP contribution in [0.1, 0.15) is 13.8 Å². The molecule has 1 aromatic rings. The van der Waals surface area contributed by atoms with E-state index in [9.17, 15) is 4.79 Å². The summed E-state index contributed by atoms with van der Waals surface area (Å²) in [6.07, 6.45) is 3.36. The molecule has 1 aromatic carbocycles. The van der Waals surface area contributed by atoms with E-state index in [4.69, 9.17) is 21.1 Å². The van der Waals surface area contributed by atoms with Crippen molar-refractivity contribution in [3.63, 3.8) is 0 Å². The normalized spacial score (nSPS) is 19.9. The number of ether oxygens (including phenoxy) is 2. The zero-order valence-corrected chi connectivity index (χ0v) is 12.6. The number of carbonyl (C=O) groups is 1. The SMILES string of the molecule is CCOC(=O)C1=c2ccccc2=C2C(C)=C(Cl)C=CC2O1. The van der Waals surface area contributed by atoms with Gasteiger partial charge in [0.1, 0.15) is 6.10 Å². The number of fused-ring (bicyclic) bond motifs is 2. The molecule has 0 radical (unpaired) electrons. The zero-order valence-electron chi connectivity index (χ0n) is 11.9. The van der Waals surface area contributed by atoms with Crippen molar-refractivity contribution in [3.8, 4) is 0 Å². The standard InChI is InChI=1S/C17H15ClO3/c1-3-20-17(19)16-12-7-5-4-6-11(12)15-10(2)13(18)8-9-14(15)21-16/h4-9,14H,3H2,1-2H3. The molecule has 1 atom stereocenters. The fourth-order valence-electron chi connectivity index (χ4n) is 2.65. The lowest BCUT2D eigenvalue weighted by atomic mass is 9.91. The Balaban J connectivity index is 2.34. The van der Waals surface area contributed by atoms with Crippen LogP contribution in [0.25, 0.3) is 11.3 Å². The topological polar surface area (TPSA) is 35.5 Å². The van der Waals surface area contributed by atoms with E-state index in [0.717, 1.165) is 21.6 Å². The van der Waals surface area contributed by atoms with Gasteiger partial charge in [0, 0.05) is 15.8 Å². The van der Waals surface area contributed by atoms with Gasteiger partial charge in [-0.1, -0.05) is 35.9 Å². The first-order valence-electron chi connectivity index (χ1n) is 6.85. The summed E-state index contributed by atoms with van der Waals surface area (Å²) in [7, 11) is 0. The van der Waals surface area contributed by atoms with Gasteiger partial charge in [0.15, 0.2) is 0 Å². The second-order valence-corrected chi connectivity index (χ2v) is 5.29. The van der Waals surface area contributed by atoms with Crippen LogP contribution < -0.4 is 10.4 Å². The van der Waals surface area contributed by atoms with Crippen molar-refractivity contribution in [2.24, 2.45) is 0 Å². The minimum absolute atomic E-state index is 0.261. The van der Waals surface area contributed by atoms with E-state index in [0.29, 0.717) is 11.6 Å². The predicted octanol–water partition coefficient (Wildman–Crippen LogP) is 1.99. The van der Waals surface area contributed by atoms with Gasteiger partial charge in [0.05, 0.1) is 6.61 Å². The third kappa shape index (κ3) is 2.28. The maximum absolute atomic E-state index is 12.1. The van der Waals surface area contributed by atoms with Crippen molar-refractivity contribution < 1.29 is 14.3 Å². The predicted molar refractivity (Wildman–Crippen MR) is 81.7 cm³/mol. The van der Waals surface area contributed by atoms with E-state index in [1.54, 1.807) is 6.92 Å². The Bertz CT molecular complexity index is 786. The van der Waals surface area contributed by atoms with Crippen molar-refractivity contribution in [2.75, 3.05) is 6.61 Å². The fraction of sp³-hybridized carbons (Fsp3) is 0.235. The Morgan fingerprint density at radius 3 is 2.76 bits per heavy atom. The monoisotopic (exact) mass is 302 g/mol. The van der Waals surface area contributed by atoms with Crippen molar-refractivity contribution in [1.29, 1.82) is 0 Å². The second kappa shape index (κ2) is 5.41. The molecule has 0 fully saturated rings. The first-order valence-corrected chi connectivity index (χ1v) is 7.23. The zero-order chi connectivity index (χ0) is 15.0. The number of carbonyl (C=O) groups excluding carboxylic acids is 1. The summed E-state index contributed by atoms with van der Waals surface area (Å²) in [4.78, 5) is 12.1. The molecule has 3 nitrogen and oxygen atoms in total. The van der Waals surface area contributed by atoms with Gasteiger partial charge in [-0.25, -0.2) is 4.79 Å². The van der Waals surface area contributed by atoms with Gasteiger partial charge in [-0.05, 0) is 36.8 Å². The fourth-order valence-corrected chi connectivity index (χ4v) is 2.82. The first kappa shape index (κ1) is 14.0. The molecule has 1 heterocycles. The van der Waals surface area contributed by atoms with E-state index in [1.165, 1.54) is 0 Å². The number of hydrogen-bond acceptors (Lipinski definition) is 3. The van der Waals surface area contributed by atoms with Crippen LogP contribution in [0.4, 0.5) is 0 Å². The molecule has 1 unspecified atom stereocenters. The maximum Gasteiger partial charge on any atom is 0.374 e. The summed E-state index contributed by atoms with van der Waals surface area (Å²) in [5, 5.41) is 2.41. The van der Waals surface area contributed by atoms with Gasteiger partial charge in [0.25, 0.3) is 0 Å². The molecule has 1 aliphatic carbocycles. The molecule has 0 bridgehead atoms. The number of esters is 1. The number of allylic oxidation sites excluding steroid dienone is 2. The summed E-state index contributed by atoms with van der Waals surface area (Å²) >= 11 is 6.22. The highest BCUT2D eigenvalue weighted by atomic mass is 35.5. The van der Waals surface area contributed by atoms with Crippen LogP contribution in [0.5, 0.6) is 0 Å². The van der Waals surface area contributed by atoms with E-state index in [2.05, 4.69) is 0 Å². The number of rotatable bonds is 2. The Labute approximate surface area is 127 Å². The summed E-state index contributed by atoms with van der Waals surface area (Å²) in [6, 6.07) is 7.66. The molecular formula is C17H15ClO3. The van der Waals surface area contributed by atoms with Gasteiger partial charge in [-0.15, -0.1) is 0 Å². The van der Waals surface area contributed by atoms with Gasteiger partial charge in [-0.2, -0.15) is 0 Å². The van der Waals surface area contributed by atoms with Crippen molar-refractivity contribution >= 4 is 28.9 Å². The van der Waals surface area contributed by atoms with Crippen LogP contribution in [0.15, 0.2) is 47.0 Å². The molecule has 3 rings (SSSR count). The summed E-state index contributed by atoms with van der Waals surface area (Å²) in [5.74, 6) is -0.174. The largest absolute Gasteiger partial charge is 0.474 e. The quantitative estimate of drug-likeness (QED) is 0.784. The average molecular weight is 303 g/mol. The lowest BCUT2D eigenvalue weighted by molar-refractivity contribution is -0.138. The van der Waals surface area contributed by atoms with Gasteiger partial charge < -0.3 is 9.47 Å². The molecule has 4 heteroatoms. The summed E-state index contributed by atoms with van der Waals surface area (Å²) < 4.78 is 11.0. The van der Waals surface area contributed by atoms with Crippen LogP contribution in [-0.4, -0.2) is 18.7 Å². The Morgan fingerprint density at radius 1 is 1.33 bits per heavy atom. The van der Waals surface area contributed by atoms with Crippen LogP contribution in [0.3, 0.4) is 0 Å². The van der Waals surface area contributed by atoms with Crippen LogP contribution in [-0.2, 0) is 14.3 Å². The number of benzene rings is 1. The van der Waals surface area contributed by atoms with Crippen molar-refractivity contribution in [1.82, 2.24) is 0 Å². The molecule has 0 amide bonds. The minimum atomic E-state index is -0.435. The maximum atomic E-state index is 12.1. The van der Waals surface area contributed by atoms with Crippen LogP contribution in [0, 0.1) is 0 Å². The first-order chi connectivity index (χ1) is 10.1. The second-order valence-electron chi connectivity index (χ2n) is 4.88. The van der Waals surface area contributed by atoms with Gasteiger partial charge in [-0.3, -0.25) is 0 Å². The number of halogens is 1. The number of hydrogen-bond donors (Lipinski definition) is 0. The van der Waals surface area contributed by atoms with Crippen LogP contribution in [0.2, 0.25) is 0 Å². The highest BCUT2D eigenvalue weighted by Crippen LogP contribution is 2.31. The van der Waals surface area contributed by atoms with Gasteiger partial charge in [0.2, 0.25) is 5.76 Å². The Morgan fingerprint density at radius 2 is 2.05 bits per heavy atom. The Hall–Kier alpha value is -2.00. The molecular weight excluding hydrogens is 288 g/mol. The van der Waals surface area contributed by atoms with Crippen molar-refractivity contribution in [3.05, 3.63) is 57.5 Å². The van der Waals surface area contributed by atoms with Crippen LogP contribution >= 0.6 is 11.6 Å². The highest BCUT2D eigenvalue weighted by molar-refractivity contribution is 6.32. The van der Waals surface area contributed by atoms with Crippen molar-refractivity contribution in [2.45, 2.75) is 20.0 Å². The smallest absolute Gasteiger partial charge is 0.374 e. The van der Waals surface area contributed by atoms with E-state index >= 15 is 0 Å². The van der Waals surface area contributed by atoms with E-state index in [-0.39, 0.29) is 11.9 Å². The Kier molecular flexibility index (Phi) is 3.60. The third-order valence-electron chi connectivity index (χ3n) is 3.63. The molecule has 0 N–H and O–H groups in total. The van der Waals surface area contributed by atoms with E-state index < -0.39 is 5.97 Å². The molecule has 108 valence electrons. The molecule has 2 aliphatic rings. The molecule has 0 aromatic heterocycles. The van der Waals surface area contributed by atoms with Gasteiger partial charge >= 0.3 is 5.97 Å². The molecule has 0 saturated heterocycles. The molecule has 1 aliphatic heterocycles. The summed E-state index contributed by atoms with van der Waals surface area (Å²) in [5.41, 5.74) is 1.98. The highest BCUT2D eigenvalue weighted by Gasteiger charge is 2.29. The lowest BCUT2D eigenvalue weighted by Crippen LogP contribution is -2.41.